The van der Waals surface area contributed by atoms with Crippen LogP contribution in [-0.4, -0.2) is 34.2 Å². The summed E-state index contributed by atoms with van der Waals surface area (Å²) in [5.74, 6) is -3.53. The molecule has 0 bridgehead atoms. The Morgan fingerprint density at radius 2 is 1.83 bits per heavy atom. The van der Waals surface area contributed by atoms with Gasteiger partial charge >= 0.3 is 5.97 Å². The van der Waals surface area contributed by atoms with Crippen LogP contribution >= 0.6 is 0 Å². The number of rotatable bonds is 4. The highest BCUT2D eigenvalue weighted by Crippen LogP contribution is 2.07. The first kappa shape index (κ1) is 10.9. The average Bonchev–Trinajstić information content (AvgIpc) is 1.85. The molecule has 0 fully saturated rings. The van der Waals surface area contributed by atoms with Gasteiger partial charge in [-0.15, -0.1) is 0 Å². The Bertz CT molecular complexity index is 192. The van der Waals surface area contributed by atoms with E-state index in [4.69, 9.17) is 21.7 Å². The van der Waals surface area contributed by atoms with Gasteiger partial charge in [0.2, 0.25) is 5.91 Å². The van der Waals surface area contributed by atoms with Crippen LogP contribution in [0.15, 0.2) is 0 Å². The number of primary amides is 1. The summed E-state index contributed by atoms with van der Waals surface area (Å²) < 4.78 is 0. The molecular formula is C6H12N2O4. The van der Waals surface area contributed by atoms with E-state index in [1.807, 2.05) is 0 Å². The number of carbonyl (C=O) groups excluding carboxylic acids is 1. The molecule has 0 unspecified atom stereocenters. The number of aliphatic hydroxyl groups excluding tert-OH is 1. The second kappa shape index (κ2) is 4.03. The second-order valence-electron chi connectivity index (χ2n) is 2.53. The lowest BCUT2D eigenvalue weighted by Crippen LogP contribution is -2.49. The van der Waals surface area contributed by atoms with E-state index in [0.29, 0.717) is 0 Å². The van der Waals surface area contributed by atoms with Crippen LogP contribution < -0.4 is 11.5 Å². The average molecular weight is 176 g/mol. The quantitative estimate of drug-likeness (QED) is 0.389. The summed E-state index contributed by atoms with van der Waals surface area (Å²) in [7, 11) is 0. The fraction of sp³-hybridized carbons (Fsp3) is 0.667. The molecule has 3 atom stereocenters. The molecule has 0 aliphatic heterocycles. The van der Waals surface area contributed by atoms with E-state index in [-0.39, 0.29) is 0 Å². The molecule has 12 heavy (non-hydrogen) atoms. The molecule has 0 spiro atoms. The van der Waals surface area contributed by atoms with Crippen LogP contribution in [0, 0.1) is 5.92 Å². The number of nitrogens with two attached hydrogens (primary N) is 2. The molecule has 0 radical (unpaired) electrons. The summed E-state index contributed by atoms with van der Waals surface area (Å²) in [5.41, 5.74) is 9.94. The number of aliphatic hydroxyl groups is 1. The molecule has 0 aromatic carbocycles. The fourth-order valence-electron chi connectivity index (χ4n) is 0.868. The first-order valence-electron chi connectivity index (χ1n) is 3.33. The van der Waals surface area contributed by atoms with Crippen molar-refractivity contribution >= 4 is 11.9 Å². The van der Waals surface area contributed by atoms with Crippen molar-refractivity contribution in [3.63, 3.8) is 0 Å². The van der Waals surface area contributed by atoms with E-state index in [2.05, 4.69) is 0 Å². The zero-order valence-electron chi connectivity index (χ0n) is 6.60. The highest BCUT2D eigenvalue weighted by molar-refractivity contribution is 5.85. The lowest BCUT2D eigenvalue weighted by atomic mass is 9.95. The third kappa shape index (κ3) is 2.48. The molecule has 0 rings (SSSR count). The van der Waals surface area contributed by atoms with Crippen molar-refractivity contribution in [2.24, 2.45) is 17.4 Å². The van der Waals surface area contributed by atoms with Crippen LogP contribution in [0.1, 0.15) is 6.92 Å². The molecule has 0 aromatic heterocycles. The van der Waals surface area contributed by atoms with Crippen LogP contribution in [0.4, 0.5) is 0 Å². The normalized spacial score (nSPS) is 17.9. The van der Waals surface area contributed by atoms with Gasteiger partial charge in [0.25, 0.3) is 0 Å². The molecule has 6 heteroatoms. The maximum atomic E-state index is 10.6. The van der Waals surface area contributed by atoms with Gasteiger partial charge in [-0.05, 0) is 6.92 Å². The van der Waals surface area contributed by atoms with E-state index in [1.165, 1.54) is 6.92 Å². The summed E-state index contributed by atoms with van der Waals surface area (Å²) in [6.45, 7) is 1.26. The second-order valence-corrected chi connectivity index (χ2v) is 2.53. The molecular weight excluding hydrogens is 164 g/mol. The summed E-state index contributed by atoms with van der Waals surface area (Å²) >= 11 is 0. The van der Waals surface area contributed by atoms with Crippen LogP contribution in [0.3, 0.4) is 0 Å². The molecule has 0 saturated heterocycles. The van der Waals surface area contributed by atoms with Gasteiger partial charge in [-0.3, -0.25) is 9.59 Å². The Morgan fingerprint density at radius 1 is 1.42 bits per heavy atom. The van der Waals surface area contributed by atoms with Gasteiger partial charge in [-0.2, -0.15) is 0 Å². The Hall–Kier alpha value is -1.14. The summed E-state index contributed by atoms with van der Waals surface area (Å²) in [4.78, 5) is 20.9. The van der Waals surface area contributed by atoms with Crippen LogP contribution in [-0.2, 0) is 9.59 Å². The minimum atomic E-state index is -1.46. The van der Waals surface area contributed by atoms with Gasteiger partial charge in [-0.1, -0.05) is 0 Å². The zero-order valence-corrected chi connectivity index (χ0v) is 6.60. The maximum absolute atomic E-state index is 10.6. The van der Waals surface area contributed by atoms with Crippen molar-refractivity contribution in [3.8, 4) is 0 Å². The van der Waals surface area contributed by atoms with Crippen LogP contribution in [0.25, 0.3) is 0 Å². The lowest BCUT2D eigenvalue weighted by Gasteiger charge is -2.19. The number of hydrogen-bond donors (Lipinski definition) is 4. The van der Waals surface area contributed by atoms with Crippen molar-refractivity contribution in [2.45, 2.75) is 19.1 Å². The lowest BCUT2D eigenvalue weighted by molar-refractivity contribution is -0.144. The highest BCUT2D eigenvalue weighted by atomic mass is 16.4. The molecule has 0 saturated carbocycles. The molecule has 70 valence electrons. The topological polar surface area (TPSA) is 127 Å². The van der Waals surface area contributed by atoms with Gasteiger partial charge in [0.1, 0.15) is 6.04 Å². The number of carboxylic acids is 1. The SMILES string of the molecule is C[C@@H](O)[C@@H](C(N)=O)[C@H](N)C(=O)O. The molecule has 0 aromatic rings. The summed E-state index contributed by atoms with van der Waals surface area (Å²) in [6, 6.07) is -1.46. The van der Waals surface area contributed by atoms with Gasteiger partial charge in [0, 0.05) is 0 Å². The monoisotopic (exact) mass is 176 g/mol. The van der Waals surface area contributed by atoms with Crippen LogP contribution in [0.5, 0.6) is 0 Å². The first-order chi connectivity index (χ1) is 5.37. The molecule has 6 N–H and O–H groups in total. The van der Waals surface area contributed by atoms with Crippen molar-refractivity contribution in [3.05, 3.63) is 0 Å². The van der Waals surface area contributed by atoms with Crippen molar-refractivity contribution in [1.82, 2.24) is 0 Å². The number of carboxylic acid groups (broad SMARTS) is 1. The van der Waals surface area contributed by atoms with Gasteiger partial charge < -0.3 is 21.7 Å². The largest absolute Gasteiger partial charge is 0.480 e. The van der Waals surface area contributed by atoms with Gasteiger partial charge in [-0.25, -0.2) is 0 Å². The predicted molar refractivity (Wildman–Crippen MR) is 40.0 cm³/mol. The number of carbonyl (C=O) groups is 2. The Kier molecular flexibility index (Phi) is 3.65. The van der Waals surface area contributed by atoms with E-state index in [1.54, 1.807) is 0 Å². The molecule has 0 aliphatic rings. The Morgan fingerprint density at radius 3 is 1.92 bits per heavy atom. The standard InChI is InChI=1S/C6H12N2O4/c1-2(9)3(5(8)10)4(7)6(11)12/h2-4,9H,7H2,1H3,(H2,8,10)(H,11,12)/t2-,3-,4+/m1/s1. The highest BCUT2D eigenvalue weighted by Gasteiger charge is 2.32. The zero-order chi connectivity index (χ0) is 9.89. The molecule has 1 amide bonds. The molecule has 0 heterocycles. The number of amides is 1. The van der Waals surface area contributed by atoms with E-state index in [0.717, 1.165) is 0 Å². The Balaban J connectivity index is 4.51. The fourth-order valence-corrected chi connectivity index (χ4v) is 0.868. The van der Waals surface area contributed by atoms with E-state index >= 15 is 0 Å². The van der Waals surface area contributed by atoms with E-state index < -0.39 is 29.9 Å². The number of aliphatic carboxylic acids is 1. The van der Waals surface area contributed by atoms with Crippen molar-refractivity contribution < 1.29 is 19.8 Å². The Labute approximate surface area is 69.2 Å². The predicted octanol–water partition coefficient (Wildman–Crippen LogP) is -2.12. The number of hydrogen-bond acceptors (Lipinski definition) is 4. The van der Waals surface area contributed by atoms with Crippen molar-refractivity contribution in [1.29, 1.82) is 0 Å². The van der Waals surface area contributed by atoms with Crippen LogP contribution in [0.2, 0.25) is 0 Å². The van der Waals surface area contributed by atoms with Gasteiger partial charge in [0.05, 0.1) is 12.0 Å². The van der Waals surface area contributed by atoms with E-state index in [9.17, 15) is 9.59 Å². The maximum Gasteiger partial charge on any atom is 0.321 e. The third-order valence-electron chi connectivity index (χ3n) is 1.52. The third-order valence-corrected chi connectivity index (χ3v) is 1.52. The van der Waals surface area contributed by atoms with Crippen molar-refractivity contribution in [2.75, 3.05) is 0 Å². The first-order valence-corrected chi connectivity index (χ1v) is 3.33. The molecule has 0 aliphatic carbocycles. The minimum absolute atomic E-state index is 0.917. The summed E-state index contributed by atoms with van der Waals surface area (Å²) in [6.07, 6.45) is -1.16. The summed E-state index contributed by atoms with van der Waals surface area (Å²) in [5, 5.41) is 17.4. The van der Waals surface area contributed by atoms with Gasteiger partial charge in [0.15, 0.2) is 0 Å². The molecule has 6 nitrogen and oxygen atoms in total. The smallest absolute Gasteiger partial charge is 0.321 e. The minimum Gasteiger partial charge on any atom is -0.480 e.